The number of hydrogen-bond acceptors (Lipinski definition) is 4. The number of esters is 1. The van der Waals surface area contributed by atoms with E-state index in [9.17, 15) is 4.79 Å². The van der Waals surface area contributed by atoms with E-state index in [1.54, 1.807) is 12.1 Å². The molecule has 0 amide bonds. The highest BCUT2D eigenvalue weighted by Crippen LogP contribution is 2.31. The first-order chi connectivity index (χ1) is 9.61. The molecule has 0 bridgehead atoms. The van der Waals surface area contributed by atoms with Crippen LogP contribution in [0, 0.1) is 5.92 Å². The van der Waals surface area contributed by atoms with E-state index in [4.69, 9.17) is 22.1 Å². The molecule has 1 aromatic rings. The maximum atomic E-state index is 11.8. The van der Waals surface area contributed by atoms with Crippen molar-refractivity contribution in [2.75, 3.05) is 24.7 Å². The number of nitrogens with one attached hydrogen (secondary N) is 1. The summed E-state index contributed by atoms with van der Waals surface area (Å²) in [6.45, 7) is 0.804. The number of benzene rings is 1. The van der Waals surface area contributed by atoms with E-state index in [0.29, 0.717) is 22.0 Å². The molecule has 0 radical (unpaired) electrons. The molecule has 0 saturated heterocycles. The number of nitrogen functional groups attached to an aromatic ring is 1. The summed E-state index contributed by atoms with van der Waals surface area (Å²) in [4.78, 5) is 11.8. The summed E-state index contributed by atoms with van der Waals surface area (Å²) in [6.07, 6.45) is 6.38. The van der Waals surface area contributed by atoms with Gasteiger partial charge >= 0.3 is 5.97 Å². The van der Waals surface area contributed by atoms with Crippen LogP contribution in [-0.2, 0) is 4.74 Å². The van der Waals surface area contributed by atoms with Crippen molar-refractivity contribution >= 4 is 28.9 Å². The third-order valence-corrected chi connectivity index (χ3v) is 4.15. The lowest BCUT2D eigenvalue weighted by Crippen LogP contribution is -2.12. The second-order valence-corrected chi connectivity index (χ2v) is 5.69. The normalized spacial score (nSPS) is 15.3. The van der Waals surface area contributed by atoms with Gasteiger partial charge in [-0.3, -0.25) is 0 Å². The molecule has 110 valence electrons. The Morgan fingerprint density at radius 2 is 2.15 bits per heavy atom. The van der Waals surface area contributed by atoms with E-state index >= 15 is 0 Å². The van der Waals surface area contributed by atoms with Crippen molar-refractivity contribution in [3.05, 3.63) is 22.7 Å². The third-order valence-electron chi connectivity index (χ3n) is 3.85. The average Bonchev–Trinajstić information content (AvgIpc) is 2.93. The fraction of sp³-hybridized carbons (Fsp3) is 0.533. The fourth-order valence-corrected chi connectivity index (χ4v) is 3.07. The monoisotopic (exact) mass is 296 g/mol. The Morgan fingerprint density at radius 3 is 2.80 bits per heavy atom. The minimum atomic E-state index is -0.428. The predicted molar refractivity (Wildman–Crippen MR) is 82.3 cm³/mol. The van der Waals surface area contributed by atoms with E-state index in [1.165, 1.54) is 32.8 Å². The van der Waals surface area contributed by atoms with Crippen LogP contribution < -0.4 is 11.1 Å². The lowest BCUT2D eigenvalue weighted by Gasteiger charge is -2.15. The summed E-state index contributed by atoms with van der Waals surface area (Å²) in [5.41, 5.74) is 7.19. The fourth-order valence-electron chi connectivity index (χ4n) is 2.78. The lowest BCUT2D eigenvalue weighted by atomic mass is 10.0. The number of anilines is 2. The first kappa shape index (κ1) is 15.0. The summed E-state index contributed by atoms with van der Waals surface area (Å²) in [7, 11) is 1.35. The Hall–Kier alpha value is -1.42. The van der Waals surface area contributed by atoms with Gasteiger partial charge in [-0.25, -0.2) is 4.79 Å². The molecule has 4 nitrogen and oxygen atoms in total. The Labute approximate surface area is 124 Å². The maximum Gasteiger partial charge on any atom is 0.340 e. The van der Waals surface area contributed by atoms with Gasteiger partial charge in [0.15, 0.2) is 0 Å². The van der Waals surface area contributed by atoms with Gasteiger partial charge in [0.2, 0.25) is 0 Å². The standard InChI is InChI=1S/C15H21ClN2O2/c1-20-15(19)12-8-11(17)9-13(16)14(12)18-7-6-10-4-2-3-5-10/h8-10,18H,2-7,17H2,1H3. The molecule has 1 fully saturated rings. The van der Waals surface area contributed by atoms with Crippen LogP contribution in [0.15, 0.2) is 12.1 Å². The molecule has 1 aliphatic rings. The number of carbonyl (C=O) groups is 1. The highest BCUT2D eigenvalue weighted by Gasteiger charge is 2.18. The number of halogens is 1. The molecule has 20 heavy (non-hydrogen) atoms. The minimum Gasteiger partial charge on any atom is -0.465 e. The smallest absolute Gasteiger partial charge is 0.340 e. The van der Waals surface area contributed by atoms with Gasteiger partial charge < -0.3 is 15.8 Å². The van der Waals surface area contributed by atoms with Crippen molar-refractivity contribution in [1.82, 2.24) is 0 Å². The molecule has 0 aromatic heterocycles. The molecular weight excluding hydrogens is 276 g/mol. The molecule has 5 heteroatoms. The van der Waals surface area contributed by atoms with Gasteiger partial charge in [-0.1, -0.05) is 37.3 Å². The highest BCUT2D eigenvalue weighted by molar-refractivity contribution is 6.34. The van der Waals surface area contributed by atoms with Gasteiger partial charge in [0.1, 0.15) is 0 Å². The summed E-state index contributed by atoms with van der Waals surface area (Å²) < 4.78 is 4.77. The van der Waals surface area contributed by atoms with E-state index in [-0.39, 0.29) is 0 Å². The highest BCUT2D eigenvalue weighted by atomic mass is 35.5. The Bertz CT molecular complexity index is 485. The van der Waals surface area contributed by atoms with Crippen molar-refractivity contribution in [2.24, 2.45) is 5.92 Å². The van der Waals surface area contributed by atoms with Crippen LogP contribution in [0.1, 0.15) is 42.5 Å². The second-order valence-electron chi connectivity index (χ2n) is 5.28. The number of carbonyl (C=O) groups excluding carboxylic acids is 1. The molecule has 0 heterocycles. The van der Waals surface area contributed by atoms with Crippen LogP contribution in [0.3, 0.4) is 0 Å². The first-order valence-electron chi connectivity index (χ1n) is 7.03. The zero-order valence-electron chi connectivity index (χ0n) is 11.7. The van der Waals surface area contributed by atoms with Crippen LogP contribution >= 0.6 is 11.6 Å². The molecule has 0 atom stereocenters. The van der Waals surface area contributed by atoms with Crippen LogP contribution in [0.25, 0.3) is 0 Å². The number of nitrogens with two attached hydrogens (primary N) is 1. The molecular formula is C15H21ClN2O2. The molecule has 1 aromatic carbocycles. The zero-order chi connectivity index (χ0) is 14.5. The molecule has 0 aliphatic heterocycles. The summed E-state index contributed by atoms with van der Waals surface area (Å²) in [6, 6.07) is 3.24. The van der Waals surface area contributed by atoms with Gasteiger partial charge in [-0.05, 0) is 24.5 Å². The van der Waals surface area contributed by atoms with Crippen molar-refractivity contribution in [3.63, 3.8) is 0 Å². The second kappa shape index (κ2) is 6.84. The van der Waals surface area contributed by atoms with Gasteiger partial charge in [-0.2, -0.15) is 0 Å². The molecule has 2 rings (SSSR count). The van der Waals surface area contributed by atoms with Crippen molar-refractivity contribution in [3.8, 4) is 0 Å². The van der Waals surface area contributed by atoms with E-state index in [2.05, 4.69) is 5.32 Å². The number of methoxy groups -OCH3 is 1. The Kier molecular flexibility index (Phi) is 5.12. The van der Waals surface area contributed by atoms with Crippen LogP contribution in [0.2, 0.25) is 5.02 Å². The van der Waals surface area contributed by atoms with Crippen molar-refractivity contribution in [1.29, 1.82) is 0 Å². The van der Waals surface area contributed by atoms with Gasteiger partial charge in [-0.15, -0.1) is 0 Å². The SMILES string of the molecule is COC(=O)c1cc(N)cc(Cl)c1NCCC1CCCC1. The zero-order valence-corrected chi connectivity index (χ0v) is 12.5. The van der Waals surface area contributed by atoms with Gasteiger partial charge in [0.25, 0.3) is 0 Å². The average molecular weight is 297 g/mol. The summed E-state index contributed by atoms with van der Waals surface area (Å²) in [5, 5.41) is 3.72. The van der Waals surface area contributed by atoms with Crippen molar-refractivity contribution < 1.29 is 9.53 Å². The van der Waals surface area contributed by atoms with E-state index < -0.39 is 5.97 Å². The number of ether oxygens (including phenoxy) is 1. The summed E-state index contributed by atoms with van der Waals surface area (Å²) >= 11 is 6.18. The topological polar surface area (TPSA) is 64.3 Å². The molecule has 3 N–H and O–H groups in total. The quantitative estimate of drug-likeness (QED) is 0.642. The van der Waals surface area contributed by atoms with Crippen LogP contribution in [0.5, 0.6) is 0 Å². The molecule has 0 unspecified atom stereocenters. The van der Waals surface area contributed by atoms with Crippen LogP contribution in [-0.4, -0.2) is 19.6 Å². The van der Waals surface area contributed by atoms with Gasteiger partial charge in [0.05, 0.1) is 23.4 Å². The first-order valence-corrected chi connectivity index (χ1v) is 7.41. The van der Waals surface area contributed by atoms with Gasteiger partial charge in [0, 0.05) is 12.2 Å². The Morgan fingerprint density at radius 1 is 1.45 bits per heavy atom. The van der Waals surface area contributed by atoms with E-state index in [0.717, 1.165) is 18.9 Å². The Balaban J connectivity index is 2.06. The van der Waals surface area contributed by atoms with Crippen molar-refractivity contribution in [2.45, 2.75) is 32.1 Å². The molecule has 1 aliphatic carbocycles. The number of hydrogen-bond donors (Lipinski definition) is 2. The molecule has 1 saturated carbocycles. The third kappa shape index (κ3) is 3.57. The largest absolute Gasteiger partial charge is 0.465 e. The molecule has 0 spiro atoms. The summed E-state index contributed by atoms with van der Waals surface area (Å²) in [5.74, 6) is 0.360. The van der Waals surface area contributed by atoms with E-state index in [1.807, 2.05) is 0 Å². The number of rotatable bonds is 5. The van der Waals surface area contributed by atoms with Crippen LogP contribution in [0.4, 0.5) is 11.4 Å². The lowest BCUT2D eigenvalue weighted by molar-refractivity contribution is 0.0602. The maximum absolute atomic E-state index is 11.8. The minimum absolute atomic E-state index is 0.393. The predicted octanol–water partition coefficient (Wildman–Crippen LogP) is 3.70.